The molecule has 2 heterocycles. The van der Waals surface area contributed by atoms with Crippen molar-refractivity contribution >= 4 is 22.7 Å². The van der Waals surface area contributed by atoms with Crippen LogP contribution in [0.25, 0.3) is 9.75 Å². The van der Waals surface area contributed by atoms with Crippen LogP contribution in [0.3, 0.4) is 0 Å². The van der Waals surface area contributed by atoms with Crippen LogP contribution >= 0.6 is 22.7 Å². The van der Waals surface area contributed by atoms with Crippen molar-refractivity contribution in [1.29, 1.82) is 0 Å². The summed E-state index contributed by atoms with van der Waals surface area (Å²) < 4.78 is 0. The summed E-state index contributed by atoms with van der Waals surface area (Å²) in [4.78, 5) is 4.25. The maximum atomic E-state index is 8.92. The van der Waals surface area contributed by atoms with Gasteiger partial charge in [0.2, 0.25) is 0 Å². The highest BCUT2D eigenvalue weighted by molar-refractivity contribution is 7.22. The number of hydrogen-bond donors (Lipinski definition) is 2. The van der Waals surface area contributed by atoms with Crippen LogP contribution in [0.1, 0.15) is 9.75 Å². The van der Waals surface area contributed by atoms with Gasteiger partial charge >= 0.3 is 0 Å². The Bertz CT molecular complexity index is 377. The van der Waals surface area contributed by atoms with Gasteiger partial charge in [-0.25, -0.2) is 0 Å². The molecule has 2 aromatic heterocycles. The van der Waals surface area contributed by atoms with E-state index in [0.29, 0.717) is 0 Å². The summed E-state index contributed by atoms with van der Waals surface area (Å²) in [5.41, 5.74) is 0. The fourth-order valence-electron chi connectivity index (χ4n) is 1.19. The monoisotopic (exact) mass is 226 g/mol. The molecule has 0 saturated heterocycles. The van der Waals surface area contributed by atoms with E-state index < -0.39 is 0 Å². The zero-order chi connectivity index (χ0) is 9.97. The van der Waals surface area contributed by atoms with Gasteiger partial charge in [0.05, 0.1) is 13.2 Å². The lowest BCUT2D eigenvalue weighted by Crippen LogP contribution is -1.70. The van der Waals surface area contributed by atoms with E-state index in [9.17, 15) is 0 Å². The van der Waals surface area contributed by atoms with Gasteiger partial charge in [-0.2, -0.15) is 0 Å². The maximum Gasteiger partial charge on any atom is 0.0774 e. The minimum Gasteiger partial charge on any atom is -0.391 e. The highest BCUT2D eigenvalue weighted by Crippen LogP contribution is 2.33. The molecule has 0 spiro atoms. The summed E-state index contributed by atoms with van der Waals surface area (Å²) in [7, 11) is 0. The van der Waals surface area contributed by atoms with E-state index in [-0.39, 0.29) is 13.2 Å². The van der Waals surface area contributed by atoms with Gasteiger partial charge in [-0.05, 0) is 24.3 Å². The van der Waals surface area contributed by atoms with E-state index in [2.05, 4.69) is 0 Å². The maximum absolute atomic E-state index is 8.92. The Morgan fingerprint density at radius 2 is 1.21 bits per heavy atom. The molecule has 0 atom stereocenters. The second-order valence-corrected chi connectivity index (χ2v) is 5.18. The lowest BCUT2D eigenvalue weighted by atomic mass is 10.3. The first kappa shape index (κ1) is 9.86. The second kappa shape index (κ2) is 4.23. The van der Waals surface area contributed by atoms with E-state index in [0.717, 1.165) is 19.5 Å². The third-order valence-corrected chi connectivity index (χ3v) is 4.21. The molecule has 2 N–H and O–H groups in total. The molecule has 0 amide bonds. The van der Waals surface area contributed by atoms with Gasteiger partial charge in [0.1, 0.15) is 0 Å². The van der Waals surface area contributed by atoms with Crippen molar-refractivity contribution in [3.63, 3.8) is 0 Å². The first-order valence-electron chi connectivity index (χ1n) is 4.23. The molecule has 0 fully saturated rings. The quantitative estimate of drug-likeness (QED) is 0.844. The molecule has 4 heteroatoms. The van der Waals surface area contributed by atoms with Gasteiger partial charge in [-0.15, -0.1) is 22.7 Å². The van der Waals surface area contributed by atoms with Crippen LogP contribution in [-0.2, 0) is 13.2 Å². The summed E-state index contributed by atoms with van der Waals surface area (Å²) in [6, 6.07) is 7.86. The Kier molecular flexibility index (Phi) is 2.98. The minimum atomic E-state index is 0.100. The SMILES string of the molecule is OCc1ccc(-c2ccc(CO)s2)s1. The average molecular weight is 226 g/mol. The molecular weight excluding hydrogens is 216 g/mol. The van der Waals surface area contributed by atoms with E-state index in [1.54, 1.807) is 22.7 Å². The molecule has 0 aromatic carbocycles. The van der Waals surface area contributed by atoms with E-state index in [1.165, 1.54) is 0 Å². The van der Waals surface area contributed by atoms with Gasteiger partial charge in [0, 0.05) is 19.5 Å². The Balaban J connectivity index is 2.29. The molecule has 74 valence electrons. The summed E-state index contributed by atoms with van der Waals surface area (Å²) in [5.74, 6) is 0. The number of thiophene rings is 2. The molecule has 0 bridgehead atoms. The van der Waals surface area contributed by atoms with Crippen LogP contribution < -0.4 is 0 Å². The fourth-order valence-corrected chi connectivity index (χ4v) is 3.02. The minimum absolute atomic E-state index is 0.100. The lowest BCUT2D eigenvalue weighted by Gasteiger charge is -1.89. The summed E-state index contributed by atoms with van der Waals surface area (Å²) >= 11 is 3.18. The molecule has 14 heavy (non-hydrogen) atoms. The summed E-state index contributed by atoms with van der Waals surface area (Å²) in [5, 5.41) is 17.8. The largest absolute Gasteiger partial charge is 0.391 e. The van der Waals surface area contributed by atoms with E-state index in [1.807, 2.05) is 24.3 Å². The highest BCUT2D eigenvalue weighted by Gasteiger charge is 2.05. The first-order valence-corrected chi connectivity index (χ1v) is 5.86. The Hall–Kier alpha value is -0.680. The Morgan fingerprint density at radius 1 is 0.786 bits per heavy atom. The first-order chi connectivity index (χ1) is 6.83. The molecule has 0 unspecified atom stereocenters. The average Bonchev–Trinajstić information content (AvgIpc) is 2.86. The molecule has 2 aromatic rings. The van der Waals surface area contributed by atoms with E-state index >= 15 is 0 Å². The van der Waals surface area contributed by atoms with Crippen LogP contribution in [0.2, 0.25) is 0 Å². The van der Waals surface area contributed by atoms with Crippen molar-refractivity contribution < 1.29 is 10.2 Å². The van der Waals surface area contributed by atoms with E-state index in [4.69, 9.17) is 10.2 Å². The topological polar surface area (TPSA) is 40.5 Å². The standard InChI is InChI=1S/C10H10O2S2/c11-5-7-1-3-9(13-7)10-4-2-8(6-12)14-10/h1-4,11-12H,5-6H2. The third-order valence-electron chi connectivity index (χ3n) is 1.88. The Morgan fingerprint density at radius 3 is 1.50 bits per heavy atom. The Labute approximate surface area is 90.1 Å². The predicted molar refractivity (Wildman–Crippen MR) is 59.5 cm³/mol. The normalized spacial score (nSPS) is 10.7. The van der Waals surface area contributed by atoms with Crippen molar-refractivity contribution in [1.82, 2.24) is 0 Å². The van der Waals surface area contributed by atoms with Gasteiger partial charge < -0.3 is 10.2 Å². The lowest BCUT2D eigenvalue weighted by molar-refractivity contribution is 0.285. The molecule has 2 nitrogen and oxygen atoms in total. The van der Waals surface area contributed by atoms with Crippen LogP contribution in [-0.4, -0.2) is 10.2 Å². The van der Waals surface area contributed by atoms with Gasteiger partial charge in [-0.3, -0.25) is 0 Å². The number of aliphatic hydroxyl groups is 2. The molecule has 0 aliphatic rings. The van der Waals surface area contributed by atoms with Crippen molar-refractivity contribution in [3.8, 4) is 9.75 Å². The van der Waals surface area contributed by atoms with Crippen LogP contribution in [0.4, 0.5) is 0 Å². The smallest absolute Gasteiger partial charge is 0.0774 e. The summed E-state index contributed by atoms with van der Waals surface area (Å²) in [6.45, 7) is 0.200. The molecular formula is C10H10O2S2. The summed E-state index contributed by atoms with van der Waals surface area (Å²) in [6.07, 6.45) is 0. The predicted octanol–water partition coefficient (Wildman–Crippen LogP) is 2.46. The zero-order valence-electron chi connectivity index (χ0n) is 7.43. The molecule has 0 aliphatic carbocycles. The molecule has 0 saturated carbocycles. The second-order valence-electron chi connectivity index (χ2n) is 2.85. The fraction of sp³-hybridized carbons (Fsp3) is 0.200. The van der Waals surface area contributed by atoms with Gasteiger partial charge in [0.25, 0.3) is 0 Å². The van der Waals surface area contributed by atoms with Crippen LogP contribution in [0, 0.1) is 0 Å². The third kappa shape index (κ3) is 1.88. The van der Waals surface area contributed by atoms with Gasteiger partial charge in [-0.1, -0.05) is 0 Å². The molecule has 0 radical (unpaired) electrons. The number of rotatable bonds is 3. The van der Waals surface area contributed by atoms with Crippen LogP contribution in [0.15, 0.2) is 24.3 Å². The highest BCUT2D eigenvalue weighted by atomic mass is 32.1. The van der Waals surface area contributed by atoms with Gasteiger partial charge in [0.15, 0.2) is 0 Å². The molecule has 2 rings (SSSR count). The van der Waals surface area contributed by atoms with Crippen molar-refractivity contribution in [2.45, 2.75) is 13.2 Å². The molecule has 0 aliphatic heterocycles. The number of hydrogen-bond acceptors (Lipinski definition) is 4. The van der Waals surface area contributed by atoms with Crippen molar-refractivity contribution in [2.24, 2.45) is 0 Å². The van der Waals surface area contributed by atoms with Crippen molar-refractivity contribution in [2.75, 3.05) is 0 Å². The van der Waals surface area contributed by atoms with Crippen molar-refractivity contribution in [3.05, 3.63) is 34.0 Å². The number of aliphatic hydroxyl groups excluding tert-OH is 2. The van der Waals surface area contributed by atoms with Crippen LogP contribution in [0.5, 0.6) is 0 Å². The zero-order valence-corrected chi connectivity index (χ0v) is 9.07.